The molecule has 1 heterocycles. The highest BCUT2D eigenvalue weighted by molar-refractivity contribution is 9.11. The van der Waals surface area contributed by atoms with Crippen molar-refractivity contribution in [1.29, 1.82) is 0 Å². The Morgan fingerprint density at radius 1 is 0.897 bits per heavy atom. The van der Waals surface area contributed by atoms with Gasteiger partial charge in [0.1, 0.15) is 0 Å². The number of carbonyl (C=O) groups is 2. The minimum Gasteiger partial charge on any atom is -0.321 e. The molecular formula is C24H17Br2NO2. The molecule has 0 saturated carbocycles. The number of ketones is 1. The molecule has 29 heavy (non-hydrogen) atoms. The molecule has 0 saturated heterocycles. The molecule has 0 spiro atoms. The van der Waals surface area contributed by atoms with Gasteiger partial charge >= 0.3 is 0 Å². The van der Waals surface area contributed by atoms with Gasteiger partial charge in [0.15, 0.2) is 5.78 Å². The largest absolute Gasteiger partial charge is 0.321 e. The molecule has 5 heteroatoms. The number of benzene rings is 3. The van der Waals surface area contributed by atoms with E-state index >= 15 is 0 Å². The van der Waals surface area contributed by atoms with Crippen molar-refractivity contribution >= 4 is 60.9 Å². The summed E-state index contributed by atoms with van der Waals surface area (Å²) in [7, 11) is 0. The zero-order valence-corrected chi connectivity index (χ0v) is 19.0. The van der Waals surface area contributed by atoms with Crippen LogP contribution in [0.5, 0.6) is 0 Å². The van der Waals surface area contributed by atoms with Gasteiger partial charge in [0.25, 0.3) is 5.91 Å². The maximum Gasteiger partial charge on any atom is 0.256 e. The van der Waals surface area contributed by atoms with Crippen molar-refractivity contribution in [3.63, 3.8) is 0 Å². The summed E-state index contributed by atoms with van der Waals surface area (Å²) in [5, 5.41) is 2.88. The molecule has 0 radical (unpaired) electrons. The van der Waals surface area contributed by atoms with Crippen molar-refractivity contribution in [2.75, 3.05) is 5.32 Å². The predicted octanol–water partition coefficient (Wildman–Crippen LogP) is 6.55. The Labute approximate surface area is 186 Å². The second-order valence-electron chi connectivity index (χ2n) is 7.08. The molecule has 0 aromatic heterocycles. The van der Waals surface area contributed by atoms with Crippen molar-refractivity contribution in [1.82, 2.24) is 0 Å². The molecule has 3 aromatic rings. The Balaban J connectivity index is 1.76. The average molecular weight is 511 g/mol. The standard InChI is InChI=1S/C24H17Br2NO2/c1-13-3-5-16(6-4-13)23(28)17-7-8-22-18(12-17)19(24(29)27-22)9-15-10-20(25)14(2)21(26)11-15/h3-12H,1-2H3,(H,27,29)/b19-9-. The van der Waals surface area contributed by atoms with Crippen LogP contribution in [0.3, 0.4) is 0 Å². The maximum atomic E-state index is 12.9. The molecule has 144 valence electrons. The highest BCUT2D eigenvalue weighted by Crippen LogP contribution is 2.35. The zero-order valence-electron chi connectivity index (χ0n) is 15.8. The molecule has 0 unspecified atom stereocenters. The summed E-state index contributed by atoms with van der Waals surface area (Å²) >= 11 is 7.10. The van der Waals surface area contributed by atoms with E-state index in [9.17, 15) is 9.59 Å². The van der Waals surface area contributed by atoms with Gasteiger partial charge in [-0.15, -0.1) is 0 Å². The lowest BCUT2D eigenvalue weighted by Gasteiger charge is -2.06. The van der Waals surface area contributed by atoms with E-state index in [2.05, 4.69) is 37.2 Å². The average Bonchev–Trinajstić information content (AvgIpc) is 3.00. The Morgan fingerprint density at radius 2 is 1.52 bits per heavy atom. The third-order valence-corrected chi connectivity index (χ3v) is 6.64. The van der Waals surface area contributed by atoms with Gasteiger partial charge in [-0.3, -0.25) is 9.59 Å². The molecule has 1 N–H and O–H groups in total. The first kappa shape index (κ1) is 19.8. The van der Waals surface area contributed by atoms with Crippen LogP contribution in [-0.2, 0) is 4.79 Å². The number of amides is 1. The lowest BCUT2D eigenvalue weighted by atomic mass is 9.97. The van der Waals surface area contributed by atoms with Crippen LogP contribution in [0.1, 0.15) is 38.2 Å². The van der Waals surface area contributed by atoms with Crippen molar-refractivity contribution in [3.05, 3.63) is 96.9 Å². The Morgan fingerprint density at radius 3 is 2.17 bits per heavy atom. The Hall–Kier alpha value is -2.50. The van der Waals surface area contributed by atoms with E-state index in [0.717, 1.165) is 31.2 Å². The third-order valence-electron chi connectivity index (χ3n) is 4.99. The molecule has 0 aliphatic carbocycles. The highest BCUT2D eigenvalue weighted by atomic mass is 79.9. The molecule has 3 nitrogen and oxygen atoms in total. The predicted molar refractivity (Wildman–Crippen MR) is 124 cm³/mol. The van der Waals surface area contributed by atoms with Gasteiger partial charge in [0.2, 0.25) is 0 Å². The number of halogens is 2. The van der Waals surface area contributed by atoms with Crippen LogP contribution in [-0.4, -0.2) is 11.7 Å². The SMILES string of the molecule is Cc1ccc(C(=O)c2ccc3c(c2)/C(=C/c2cc(Br)c(C)c(Br)c2)C(=O)N3)cc1. The first-order valence-electron chi connectivity index (χ1n) is 9.08. The monoisotopic (exact) mass is 509 g/mol. The molecule has 0 bridgehead atoms. The second-order valence-corrected chi connectivity index (χ2v) is 8.79. The summed E-state index contributed by atoms with van der Waals surface area (Å²) in [4.78, 5) is 25.5. The van der Waals surface area contributed by atoms with E-state index in [1.165, 1.54) is 0 Å². The molecule has 0 atom stereocenters. The molecule has 0 fully saturated rings. The van der Waals surface area contributed by atoms with E-state index in [0.29, 0.717) is 22.4 Å². The van der Waals surface area contributed by atoms with Crippen LogP contribution < -0.4 is 5.32 Å². The quantitative estimate of drug-likeness (QED) is 0.320. The van der Waals surface area contributed by atoms with Gasteiger partial charge in [-0.2, -0.15) is 0 Å². The van der Waals surface area contributed by atoms with Gasteiger partial charge in [0.05, 0.1) is 0 Å². The summed E-state index contributed by atoms with van der Waals surface area (Å²) in [6, 6.07) is 16.8. The summed E-state index contributed by atoms with van der Waals surface area (Å²) in [6.07, 6.45) is 1.84. The van der Waals surface area contributed by atoms with Gasteiger partial charge in [-0.1, -0.05) is 61.7 Å². The lowest BCUT2D eigenvalue weighted by molar-refractivity contribution is -0.110. The number of nitrogens with one attached hydrogen (secondary N) is 1. The number of hydrogen-bond acceptors (Lipinski definition) is 2. The number of anilines is 1. The van der Waals surface area contributed by atoms with E-state index in [-0.39, 0.29) is 11.7 Å². The second kappa shape index (κ2) is 7.73. The summed E-state index contributed by atoms with van der Waals surface area (Å²) in [5.74, 6) is -0.236. The highest BCUT2D eigenvalue weighted by Gasteiger charge is 2.25. The first-order valence-corrected chi connectivity index (χ1v) is 10.7. The summed E-state index contributed by atoms with van der Waals surface area (Å²) < 4.78 is 1.92. The topological polar surface area (TPSA) is 46.2 Å². The van der Waals surface area contributed by atoms with Gasteiger partial charge < -0.3 is 5.32 Å². The van der Waals surface area contributed by atoms with Crippen LogP contribution in [0.25, 0.3) is 11.6 Å². The summed E-state index contributed by atoms with van der Waals surface area (Å²) in [5.41, 5.74) is 6.27. The lowest BCUT2D eigenvalue weighted by Crippen LogP contribution is -2.03. The molecule has 3 aromatic carbocycles. The summed E-state index contributed by atoms with van der Waals surface area (Å²) in [6.45, 7) is 3.99. The zero-order chi connectivity index (χ0) is 20.7. The van der Waals surface area contributed by atoms with Crippen LogP contribution in [0.2, 0.25) is 0 Å². The number of rotatable bonds is 3. The van der Waals surface area contributed by atoms with Crippen molar-refractivity contribution in [3.8, 4) is 0 Å². The smallest absolute Gasteiger partial charge is 0.256 e. The van der Waals surface area contributed by atoms with Crippen LogP contribution in [0, 0.1) is 13.8 Å². The van der Waals surface area contributed by atoms with Gasteiger partial charge in [-0.05, 0) is 61.4 Å². The fourth-order valence-corrected chi connectivity index (χ4v) is 4.48. The normalized spacial score (nSPS) is 14.1. The van der Waals surface area contributed by atoms with Gasteiger partial charge in [-0.25, -0.2) is 0 Å². The number of hydrogen-bond donors (Lipinski definition) is 1. The molecule has 1 aliphatic rings. The van der Waals surface area contributed by atoms with Crippen LogP contribution in [0.4, 0.5) is 5.69 Å². The number of carbonyl (C=O) groups excluding carboxylic acids is 2. The maximum absolute atomic E-state index is 12.9. The van der Waals surface area contributed by atoms with E-state index < -0.39 is 0 Å². The third kappa shape index (κ3) is 3.85. The van der Waals surface area contributed by atoms with Crippen molar-refractivity contribution in [2.24, 2.45) is 0 Å². The minimum absolute atomic E-state index is 0.0627. The first-order chi connectivity index (χ1) is 13.8. The van der Waals surface area contributed by atoms with Crippen molar-refractivity contribution in [2.45, 2.75) is 13.8 Å². The molecular weight excluding hydrogens is 494 g/mol. The van der Waals surface area contributed by atoms with Gasteiger partial charge in [0, 0.05) is 36.9 Å². The van der Waals surface area contributed by atoms with E-state index in [4.69, 9.17) is 0 Å². The fraction of sp³-hybridized carbons (Fsp3) is 0.0833. The van der Waals surface area contributed by atoms with Crippen LogP contribution in [0.15, 0.2) is 63.5 Å². The molecule has 1 amide bonds. The Bertz CT molecular complexity index is 1170. The van der Waals surface area contributed by atoms with Crippen molar-refractivity contribution < 1.29 is 9.59 Å². The number of aryl methyl sites for hydroxylation is 1. The van der Waals surface area contributed by atoms with E-state index in [1.54, 1.807) is 18.2 Å². The molecule has 1 aliphatic heterocycles. The Kier molecular flexibility index (Phi) is 5.28. The molecule has 4 rings (SSSR count). The van der Waals surface area contributed by atoms with E-state index in [1.807, 2.05) is 56.3 Å². The fourth-order valence-electron chi connectivity index (χ4n) is 3.26. The number of fused-ring (bicyclic) bond motifs is 1. The minimum atomic E-state index is -0.173. The van der Waals surface area contributed by atoms with Crippen LogP contribution >= 0.6 is 31.9 Å².